The Morgan fingerprint density at radius 3 is 2.35 bits per heavy atom. The van der Waals surface area contributed by atoms with Crippen LogP contribution in [0.2, 0.25) is 0 Å². The lowest BCUT2D eigenvalue weighted by atomic mass is 9.94. The second-order valence-electron chi connectivity index (χ2n) is 9.49. The SMILES string of the molecule is CC(C)[C@@H](C(=O)NC1CCCCC1)N(C[C@H]1CCCO1)C(=O)CNS(=O)(=O)c1ccc(F)cc1. The van der Waals surface area contributed by atoms with E-state index in [0.717, 1.165) is 69.2 Å². The maximum absolute atomic E-state index is 13.3. The van der Waals surface area contributed by atoms with Crippen molar-refractivity contribution in [1.29, 1.82) is 0 Å². The molecule has 8 nitrogen and oxygen atoms in total. The third-order valence-electron chi connectivity index (χ3n) is 6.47. The van der Waals surface area contributed by atoms with Crippen LogP contribution >= 0.6 is 0 Å². The minimum atomic E-state index is -4.02. The van der Waals surface area contributed by atoms with Gasteiger partial charge in [0, 0.05) is 19.2 Å². The molecule has 2 atom stereocenters. The molecule has 34 heavy (non-hydrogen) atoms. The van der Waals surface area contributed by atoms with Gasteiger partial charge < -0.3 is 15.0 Å². The minimum Gasteiger partial charge on any atom is -0.376 e. The minimum absolute atomic E-state index is 0.0964. The van der Waals surface area contributed by atoms with Gasteiger partial charge in [-0.15, -0.1) is 0 Å². The number of rotatable bonds is 10. The lowest BCUT2D eigenvalue weighted by Gasteiger charge is -2.36. The molecule has 10 heteroatoms. The first kappa shape index (κ1) is 26.6. The van der Waals surface area contributed by atoms with Crippen LogP contribution in [-0.2, 0) is 24.3 Å². The molecule has 0 unspecified atom stereocenters. The highest BCUT2D eigenvalue weighted by Crippen LogP contribution is 2.21. The van der Waals surface area contributed by atoms with E-state index in [4.69, 9.17) is 4.74 Å². The van der Waals surface area contributed by atoms with Gasteiger partial charge in [-0.05, 0) is 55.9 Å². The molecule has 0 spiro atoms. The van der Waals surface area contributed by atoms with E-state index in [9.17, 15) is 22.4 Å². The van der Waals surface area contributed by atoms with Crippen LogP contribution in [0.1, 0.15) is 58.8 Å². The number of ether oxygens (including phenoxy) is 1. The Labute approximate surface area is 201 Å². The summed E-state index contributed by atoms with van der Waals surface area (Å²) in [5, 5.41) is 3.12. The summed E-state index contributed by atoms with van der Waals surface area (Å²) < 4.78 is 46.4. The van der Waals surface area contributed by atoms with Crippen LogP contribution in [-0.4, -0.2) is 63.0 Å². The molecule has 1 saturated carbocycles. The van der Waals surface area contributed by atoms with Crippen molar-refractivity contribution < 1.29 is 27.1 Å². The number of amides is 2. The quantitative estimate of drug-likeness (QED) is 0.517. The van der Waals surface area contributed by atoms with E-state index in [1.807, 2.05) is 13.8 Å². The summed E-state index contributed by atoms with van der Waals surface area (Å²) in [4.78, 5) is 27.9. The van der Waals surface area contributed by atoms with Crippen molar-refractivity contribution in [3.8, 4) is 0 Å². The molecule has 2 N–H and O–H groups in total. The fourth-order valence-corrected chi connectivity index (χ4v) is 5.65. The van der Waals surface area contributed by atoms with Crippen molar-refractivity contribution in [1.82, 2.24) is 14.9 Å². The van der Waals surface area contributed by atoms with Gasteiger partial charge in [-0.1, -0.05) is 33.1 Å². The number of halogens is 1. The third kappa shape index (κ3) is 7.23. The fourth-order valence-electron chi connectivity index (χ4n) is 4.67. The van der Waals surface area contributed by atoms with Gasteiger partial charge in [-0.2, -0.15) is 0 Å². The summed E-state index contributed by atoms with van der Waals surface area (Å²) >= 11 is 0. The molecule has 2 amide bonds. The summed E-state index contributed by atoms with van der Waals surface area (Å²) in [6.45, 7) is 4.07. The van der Waals surface area contributed by atoms with Crippen molar-refractivity contribution in [2.45, 2.75) is 81.9 Å². The lowest BCUT2D eigenvalue weighted by Crippen LogP contribution is -2.57. The zero-order valence-electron chi connectivity index (χ0n) is 20.0. The summed E-state index contributed by atoms with van der Waals surface area (Å²) in [6, 6.07) is 3.73. The largest absolute Gasteiger partial charge is 0.376 e. The average Bonchev–Trinajstić information content (AvgIpc) is 3.31. The number of carbonyl (C=O) groups is 2. The highest BCUT2D eigenvalue weighted by Gasteiger charge is 2.36. The van der Waals surface area contributed by atoms with Gasteiger partial charge in [0.25, 0.3) is 0 Å². The first-order valence-electron chi connectivity index (χ1n) is 12.1. The van der Waals surface area contributed by atoms with Crippen LogP contribution in [0.3, 0.4) is 0 Å². The van der Waals surface area contributed by atoms with Crippen molar-refractivity contribution >= 4 is 21.8 Å². The summed E-state index contributed by atoms with van der Waals surface area (Å²) in [6.07, 6.45) is 6.62. The van der Waals surface area contributed by atoms with Crippen LogP contribution in [0.15, 0.2) is 29.2 Å². The number of carbonyl (C=O) groups excluding carboxylic acids is 2. The Morgan fingerprint density at radius 2 is 1.76 bits per heavy atom. The first-order chi connectivity index (χ1) is 16.2. The van der Waals surface area contributed by atoms with Crippen molar-refractivity contribution in [3.63, 3.8) is 0 Å². The van der Waals surface area contributed by atoms with E-state index in [1.54, 1.807) is 0 Å². The maximum Gasteiger partial charge on any atom is 0.243 e. The Hall–Kier alpha value is -2.04. The molecule has 1 aromatic carbocycles. The molecule has 3 rings (SSSR count). The number of sulfonamides is 1. The Balaban J connectivity index is 1.74. The molecule has 2 aliphatic rings. The van der Waals surface area contributed by atoms with Gasteiger partial charge >= 0.3 is 0 Å². The predicted octanol–water partition coefficient (Wildman–Crippen LogP) is 2.59. The predicted molar refractivity (Wildman–Crippen MR) is 126 cm³/mol. The second-order valence-corrected chi connectivity index (χ2v) is 11.3. The molecule has 1 heterocycles. The molecule has 2 fully saturated rings. The maximum atomic E-state index is 13.3. The Kier molecular flexibility index (Phi) is 9.44. The van der Waals surface area contributed by atoms with E-state index in [2.05, 4.69) is 10.0 Å². The van der Waals surface area contributed by atoms with Crippen LogP contribution < -0.4 is 10.0 Å². The van der Waals surface area contributed by atoms with Gasteiger partial charge in [0.2, 0.25) is 21.8 Å². The third-order valence-corrected chi connectivity index (χ3v) is 7.89. The molecular weight excluding hydrogens is 461 g/mol. The van der Waals surface area contributed by atoms with Gasteiger partial charge in [-0.25, -0.2) is 17.5 Å². The molecule has 1 aliphatic carbocycles. The number of nitrogens with zero attached hydrogens (tertiary/aromatic N) is 1. The Morgan fingerprint density at radius 1 is 1.09 bits per heavy atom. The standard InChI is InChI=1S/C24H36FN3O5S/c1-17(2)23(24(30)27-19-7-4-3-5-8-19)28(16-20-9-6-14-33-20)22(29)15-26-34(31,32)21-12-10-18(25)11-13-21/h10-13,17,19-20,23,26H,3-9,14-16H2,1-2H3,(H,27,30)/t20-,23+/m1/s1. The number of hydrogen-bond acceptors (Lipinski definition) is 5. The average molecular weight is 498 g/mol. The zero-order valence-corrected chi connectivity index (χ0v) is 20.8. The topological polar surface area (TPSA) is 105 Å². The number of hydrogen-bond donors (Lipinski definition) is 2. The van der Waals surface area contributed by atoms with Gasteiger partial charge in [0.05, 0.1) is 17.5 Å². The lowest BCUT2D eigenvalue weighted by molar-refractivity contribution is -0.143. The van der Waals surface area contributed by atoms with Crippen molar-refractivity contribution in [2.24, 2.45) is 5.92 Å². The highest BCUT2D eigenvalue weighted by molar-refractivity contribution is 7.89. The summed E-state index contributed by atoms with van der Waals surface area (Å²) in [5.74, 6) is -1.45. The van der Waals surface area contributed by atoms with Crippen molar-refractivity contribution in [2.75, 3.05) is 19.7 Å². The van der Waals surface area contributed by atoms with E-state index >= 15 is 0 Å². The first-order valence-corrected chi connectivity index (χ1v) is 13.6. The van der Waals surface area contributed by atoms with E-state index in [0.29, 0.717) is 6.61 Å². The van der Waals surface area contributed by atoms with E-state index in [1.165, 1.54) is 4.90 Å². The monoisotopic (exact) mass is 497 g/mol. The normalized spacial score (nSPS) is 20.3. The fraction of sp³-hybridized carbons (Fsp3) is 0.667. The molecule has 1 aromatic rings. The molecule has 1 saturated heterocycles. The van der Waals surface area contributed by atoms with Gasteiger partial charge in [-0.3, -0.25) is 9.59 Å². The molecule has 0 aromatic heterocycles. The molecular formula is C24H36FN3O5S. The molecule has 0 bridgehead atoms. The van der Waals surface area contributed by atoms with E-state index in [-0.39, 0.29) is 35.4 Å². The summed E-state index contributed by atoms with van der Waals surface area (Å²) in [7, 11) is -4.02. The summed E-state index contributed by atoms with van der Waals surface area (Å²) in [5.41, 5.74) is 0. The van der Waals surface area contributed by atoms with Crippen LogP contribution in [0.4, 0.5) is 4.39 Å². The smallest absolute Gasteiger partial charge is 0.243 e. The highest BCUT2D eigenvalue weighted by atomic mass is 32.2. The Bertz CT molecular complexity index is 926. The van der Waals surface area contributed by atoms with Gasteiger partial charge in [0.1, 0.15) is 11.9 Å². The van der Waals surface area contributed by atoms with Crippen LogP contribution in [0, 0.1) is 11.7 Å². The second kappa shape index (κ2) is 12.1. The van der Waals surface area contributed by atoms with Gasteiger partial charge in [0.15, 0.2) is 0 Å². The van der Waals surface area contributed by atoms with Crippen LogP contribution in [0.25, 0.3) is 0 Å². The molecule has 190 valence electrons. The van der Waals surface area contributed by atoms with Crippen molar-refractivity contribution in [3.05, 3.63) is 30.1 Å². The number of nitrogens with one attached hydrogen (secondary N) is 2. The van der Waals surface area contributed by atoms with E-state index < -0.39 is 34.3 Å². The number of benzene rings is 1. The zero-order chi connectivity index (χ0) is 24.7. The molecule has 1 aliphatic heterocycles. The van der Waals surface area contributed by atoms with Crippen LogP contribution in [0.5, 0.6) is 0 Å². The molecule has 0 radical (unpaired) electrons.